The van der Waals surface area contributed by atoms with Crippen molar-refractivity contribution in [2.24, 2.45) is 0 Å². The molecule has 0 saturated carbocycles. The fourth-order valence-corrected chi connectivity index (χ4v) is 1.52. The van der Waals surface area contributed by atoms with Crippen molar-refractivity contribution in [2.45, 2.75) is 39.3 Å². The molecule has 1 heterocycles. The third kappa shape index (κ3) is 4.01. The minimum absolute atomic E-state index is 0.193. The van der Waals surface area contributed by atoms with E-state index in [1.165, 1.54) is 13.1 Å². The van der Waals surface area contributed by atoms with Crippen LogP contribution in [0.5, 0.6) is 0 Å². The Morgan fingerprint density at radius 3 is 2.32 bits per heavy atom. The number of amides is 1. The number of carbonyl (C=O) groups excluding carboxylic acids is 1. The zero-order chi connectivity index (χ0) is 14.8. The van der Waals surface area contributed by atoms with Gasteiger partial charge in [-0.25, -0.2) is 9.59 Å². The van der Waals surface area contributed by atoms with E-state index < -0.39 is 23.7 Å². The van der Waals surface area contributed by atoms with Gasteiger partial charge in [-0.3, -0.25) is 4.90 Å². The zero-order valence-corrected chi connectivity index (χ0v) is 11.8. The Hall–Kier alpha value is -1.98. The summed E-state index contributed by atoms with van der Waals surface area (Å²) >= 11 is 0. The molecule has 0 aromatic carbocycles. The zero-order valence-electron chi connectivity index (χ0n) is 11.8. The number of likely N-dealkylation sites (N-methyl/N-ethyl adjacent to an activating group) is 1. The number of ether oxygens (including phenoxy) is 1. The lowest BCUT2D eigenvalue weighted by molar-refractivity contribution is -0.143. The predicted molar refractivity (Wildman–Crippen MR) is 67.8 cm³/mol. The summed E-state index contributed by atoms with van der Waals surface area (Å²) in [6.45, 7) is 6.85. The monoisotopic (exact) mass is 269 g/mol. The lowest BCUT2D eigenvalue weighted by atomic mass is 10.2. The van der Waals surface area contributed by atoms with Gasteiger partial charge in [-0.15, -0.1) is 0 Å². The van der Waals surface area contributed by atoms with Gasteiger partial charge in [0.1, 0.15) is 17.1 Å². The molecule has 0 bridgehead atoms. The lowest BCUT2D eigenvalue weighted by Crippen LogP contribution is -2.39. The van der Waals surface area contributed by atoms with Gasteiger partial charge in [0.25, 0.3) is 0 Å². The van der Waals surface area contributed by atoms with E-state index in [4.69, 9.17) is 9.15 Å². The van der Waals surface area contributed by atoms with Gasteiger partial charge in [0.2, 0.25) is 0 Å². The van der Waals surface area contributed by atoms with Gasteiger partial charge in [0.15, 0.2) is 6.04 Å². The van der Waals surface area contributed by atoms with Crippen molar-refractivity contribution in [2.75, 3.05) is 7.05 Å². The third-order valence-corrected chi connectivity index (χ3v) is 2.33. The first-order valence-electron chi connectivity index (χ1n) is 5.87. The first kappa shape index (κ1) is 15.1. The second kappa shape index (κ2) is 5.34. The van der Waals surface area contributed by atoms with E-state index in [-0.39, 0.29) is 5.76 Å². The van der Waals surface area contributed by atoms with Crippen molar-refractivity contribution in [1.29, 1.82) is 0 Å². The molecule has 106 valence electrons. The number of aliphatic carboxylic acids is 1. The molecule has 1 amide bonds. The van der Waals surface area contributed by atoms with Crippen LogP contribution in [0.2, 0.25) is 0 Å². The van der Waals surface area contributed by atoms with Crippen LogP contribution in [0.4, 0.5) is 4.79 Å². The maximum atomic E-state index is 11.9. The van der Waals surface area contributed by atoms with E-state index in [9.17, 15) is 14.7 Å². The van der Waals surface area contributed by atoms with E-state index in [1.807, 2.05) is 0 Å². The molecule has 0 saturated heterocycles. The first-order chi connectivity index (χ1) is 8.61. The summed E-state index contributed by atoms with van der Waals surface area (Å²) in [5.74, 6) is -0.403. The van der Waals surface area contributed by atoms with Gasteiger partial charge < -0.3 is 14.3 Å². The highest BCUT2D eigenvalue weighted by atomic mass is 16.6. The first-order valence-corrected chi connectivity index (χ1v) is 5.87. The van der Waals surface area contributed by atoms with Crippen LogP contribution in [0.3, 0.4) is 0 Å². The van der Waals surface area contributed by atoms with E-state index in [2.05, 4.69) is 0 Å². The normalized spacial score (nSPS) is 12.9. The molecule has 0 aliphatic heterocycles. The average molecular weight is 269 g/mol. The van der Waals surface area contributed by atoms with E-state index in [1.54, 1.807) is 33.8 Å². The topological polar surface area (TPSA) is 80.0 Å². The van der Waals surface area contributed by atoms with Crippen LogP contribution in [-0.2, 0) is 9.53 Å². The van der Waals surface area contributed by atoms with Gasteiger partial charge in [-0.1, -0.05) is 0 Å². The molecule has 1 aromatic heterocycles. The van der Waals surface area contributed by atoms with Crippen LogP contribution in [0, 0.1) is 6.92 Å². The highest BCUT2D eigenvalue weighted by Gasteiger charge is 2.33. The van der Waals surface area contributed by atoms with Crippen molar-refractivity contribution < 1.29 is 23.8 Å². The quantitative estimate of drug-likeness (QED) is 0.912. The number of carboxylic acids is 1. The van der Waals surface area contributed by atoms with Crippen LogP contribution >= 0.6 is 0 Å². The molecule has 0 spiro atoms. The fourth-order valence-electron chi connectivity index (χ4n) is 1.52. The Kier molecular flexibility index (Phi) is 4.24. The fraction of sp³-hybridized carbons (Fsp3) is 0.538. The van der Waals surface area contributed by atoms with Gasteiger partial charge in [0, 0.05) is 7.05 Å². The third-order valence-electron chi connectivity index (χ3n) is 2.33. The summed E-state index contributed by atoms with van der Waals surface area (Å²) in [5.41, 5.74) is -0.687. The van der Waals surface area contributed by atoms with Crippen LogP contribution in [0.25, 0.3) is 0 Å². The molecule has 0 fully saturated rings. The van der Waals surface area contributed by atoms with Crippen LogP contribution in [-0.4, -0.2) is 34.7 Å². The molecule has 1 atom stereocenters. The molecular formula is C13H19NO5. The Morgan fingerprint density at radius 1 is 1.37 bits per heavy atom. The molecule has 1 rings (SSSR count). The molecule has 1 unspecified atom stereocenters. The summed E-state index contributed by atoms with van der Waals surface area (Å²) in [6, 6.07) is 1.98. The number of nitrogens with zero attached hydrogens (tertiary/aromatic N) is 1. The maximum Gasteiger partial charge on any atom is 0.411 e. The van der Waals surface area contributed by atoms with Crippen molar-refractivity contribution in [3.8, 4) is 0 Å². The molecular weight excluding hydrogens is 250 g/mol. The number of hydrogen-bond acceptors (Lipinski definition) is 4. The van der Waals surface area contributed by atoms with Crippen molar-refractivity contribution in [3.05, 3.63) is 23.7 Å². The van der Waals surface area contributed by atoms with Crippen LogP contribution < -0.4 is 0 Å². The SMILES string of the molecule is Cc1ccc(C(C(=O)O)N(C)C(=O)OC(C)(C)C)o1. The minimum atomic E-state index is -1.21. The van der Waals surface area contributed by atoms with E-state index >= 15 is 0 Å². The van der Waals surface area contributed by atoms with Crippen molar-refractivity contribution in [3.63, 3.8) is 0 Å². The van der Waals surface area contributed by atoms with Gasteiger partial charge in [0.05, 0.1) is 0 Å². The van der Waals surface area contributed by atoms with E-state index in [0.717, 1.165) is 4.90 Å². The molecule has 6 nitrogen and oxygen atoms in total. The van der Waals surface area contributed by atoms with E-state index in [0.29, 0.717) is 5.76 Å². The molecule has 1 N–H and O–H groups in total. The number of carboxylic acid groups (broad SMARTS) is 1. The highest BCUT2D eigenvalue weighted by molar-refractivity contribution is 5.80. The Balaban J connectivity index is 2.94. The number of aryl methyl sites for hydroxylation is 1. The summed E-state index contributed by atoms with van der Waals surface area (Å²) in [6.07, 6.45) is -0.714. The summed E-state index contributed by atoms with van der Waals surface area (Å²) in [7, 11) is 1.37. The Bertz CT molecular complexity index is 472. The number of furan rings is 1. The summed E-state index contributed by atoms with van der Waals surface area (Å²) in [4.78, 5) is 24.2. The average Bonchev–Trinajstić information content (AvgIpc) is 2.61. The van der Waals surface area contributed by atoms with Crippen molar-refractivity contribution >= 4 is 12.1 Å². The molecule has 0 radical (unpaired) electrons. The minimum Gasteiger partial charge on any atom is -0.479 e. The van der Waals surface area contributed by atoms with Gasteiger partial charge in [-0.2, -0.15) is 0 Å². The molecule has 19 heavy (non-hydrogen) atoms. The molecule has 0 aliphatic carbocycles. The molecule has 6 heteroatoms. The second-order valence-corrected chi connectivity index (χ2v) is 5.28. The highest BCUT2D eigenvalue weighted by Crippen LogP contribution is 2.23. The molecule has 1 aromatic rings. The lowest BCUT2D eigenvalue weighted by Gasteiger charge is -2.27. The maximum absolute atomic E-state index is 11.9. The van der Waals surface area contributed by atoms with Gasteiger partial charge >= 0.3 is 12.1 Å². The Labute approximate surface area is 112 Å². The number of rotatable bonds is 3. The molecule has 0 aliphatic rings. The smallest absolute Gasteiger partial charge is 0.411 e. The largest absolute Gasteiger partial charge is 0.479 e. The van der Waals surface area contributed by atoms with Crippen LogP contribution in [0.1, 0.15) is 38.3 Å². The van der Waals surface area contributed by atoms with Crippen molar-refractivity contribution in [1.82, 2.24) is 4.90 Å². The standard InChI is InChI=1S/C13H19NO5/c1-8-6-7-9(18-8)10(11(15)16)14(5)12(17)19-13(2,3)4/h6-7,10H,1-5H3,(H,15,16). The summed E-state index contributed by atoms with van der Waals surface area (Å²) in [5, 5.41) is 9.24. The predicted octanol–water partition coefficient (Wildman–Crippen LogP) is 2.58. The number of hydrogen-bond donors (Lipinski definition) is 1. The second-order valence-electron chi connectivity index (χ2n) is 5.28. The number of carbonyl (C=O) groups is 2. The Morgan fingerprint density at radius 2 is 1.95 bits per heavy atom. The summed E-state index contributed by atoms with van der Waals surface area (Å²) < 4.78 is 10.4. The van der Waals surface area contributed by atoms with Gasteiger partial charge in [-0.05, 0) is 39.8 Å². The van der Waals surface area contributed by atoms with Crippen LogP contribution in [0.15, 0.2) is 16.5 Å².